The zero-order valence-electron chi connectivity index (χ0n) is 14.0. The van der Waals surface area contributed by atoms with Gasteiger partial charge in [0.15, 0.2) is 5.82 Å². The SMILES string of the molecule is Cc1cc2c(Nc3ccc(C)c(Cl)c3)nc(-c3ccccc3)nc2[nH]1. The average Bonchev–Trinajstić information content (AvgIpc) is 2.99. The molecule has 0 amide bonds. The molecule has 2 aromatic carbocycles. The Balaban J connectivity index is 1.84. The van der Waals surface area contributed by atoms with Crippen LogP contribution in [-0.2, 0) is 0 Å². The van der Waals surface area contributed by atoms with Crippen LogP contribution in [-0.4, -0.2) is 15.0 Å². The number of fused-ring (bicyclic) bond motifs is 1. The van der Waals surface area contributed by atoms with E-state index in [0.717, 1.165) is 44.4 Å². The second-order valence-corrected chi connectivity index (χ2v) is 6.47. The summed E-state index contributed by atoms with van der Waals surface area (Å²) in [6.45, 7) is 3.99. The minimum absolute atomic E-state index is 0.677. The smallest absolute Gasteiger partial charge is 0.163 e. The predicted molar refractivity (Wildman–Crippen MR) is 104 cm³/mol. The van der Waals surface area contributed by atoms with E-state index in [4.69, 9.17) is 16.6 Å². The van der Waals surface area contributed by atoms with Gasteiger partial charge in [-0.05, 0) is 37.6 Å². The first-order valence-corrected chi connectivity index (χ1v) is 8.44. The third-order valence-electron chi connectivity index (χ3n) is 4.09. The molecule has 0 bridgehead atoms. The number of hydrogen-bond acceptors (Lipinski definition) is 3. The summed E-state index contributed by atoms with van der Waals surface area (Å²) in [5, 5.41) is 5.06. The standard InChI is InChI=1S/C20H17ClN4/c1-12-8-9-15(11-17(12)21)23-20-16-10-13(2)22-19(16)24-18(25-20)14-6-4-3-5-7-14/h3-11H,1-2H3,(H2,22,23,24,25). The number of nitrogens with zero attached hydrogens (tertiary/aromatic N) is 2. The van der Waals surface area contributed by atoms with Crippen LogP contribution in [0.5, 0.6) is 0 Å². The molecule has 2 N–H and O–H groups in total. The summed E-state index contributed by atoms with van der Waals surface area (Å²) in [7, 11) is 0. The molecule has 0 aliphatic carbocycles. The predicted octanol–water partition coefficient (Wildman–Crippen LogP) is 5.64. The van der Waals surface area contributed by atoms with Gasteiger partial charge in [-0.25, -0.2) is 9.97 Å². The van der Waals surface area contributed by atoms with Crippen LogP contribution in [0.4, 0.5) is 11.5 Å². The first-order valence-electron chi connectivity index (χ1n) is 8.06. The van der Waals surface area contributed by atoms with Crippen molar-refractivity contribution in [3.8, 4) is 11.4 Å². The van der Waals surface area contributed by atoms with Gasteiger partial charge >= 0.3 is 0 Å². The van der Waals surface area contributed by atoms with Gasteiger partial charge in [-0.1, -0.05) is 48.0 Å². The van der Waals surface area contributed by atoms with E-state index in [1.165, 1.54) is 0 Å². The molecule has 0 aliphatic rings. The van der Waals surface area contributed by atoms with Gasteiger partial charge in [-0.2, -0.15) is 0 Å². The summed E-state index contributed by atoms with van der Waals surface area (Å²) < 4.78 is 0. The molecule has 4 rings (SSSR count). The zero-order valence-corrected chi connectivity index (χ0v) is 14.7. The molecule has 5 heteroatoms. The molecule has 0 aliphatic heterocycles. The molecule has 2 heterocycles. The number of benzene rings is 2. The quantitative estimate of drug-likeness (QED) is 0.503. The van der Waals surface area contributed by atoms with Crippen LogP contribution >= 0.6 is 11.6 Å². The summed E-state index contributed by atoms with van der Waals surface area (Å²) >= 11 is 6.25. The van der Waals surface area contributed by atoms with Crippen molar-refractivity contribution in [2.24, 2.45) is 0 Å². The number of aryl methyl sites for hydroxylation is 2. The minimum Gasteiger partial charge on any atom is -0.343 e. The molecular formula is C20H17ClN4. The third kappa shape index (κ3) is 3.08. The maximum absolute atomic E-state index is 6.25. The lowest BCUT2D eigenvalue weighted by Gasteiger charge is -2.10. The number of hydrogen-bond donors (Lipinski definition) is 2. The van der Waals surface area contributed by atoms with Gasteiger partial charge in [-0.3, -0.25) is 0 Å². The molecule has 4 nitrogen and oxygen atoms in total. The second-order valence-electron chi connectivity index (χ2n) is 6.07. The maximum Gasteiger partial charge on any atom is 0.163 e. The maximum atomic E-state index is 6.25. The Labute approximate surface area is 150 Å². The molecule has 0 unspecified atom stereocenters. The van der Waals surface area contributed by atoms with Crippen molar-refractivity contribution in [3.05, 3.63) is 70.9 Å². The number of H-pyrrole nitrogens is 1. The third-order valence-corrected chi connectivity index (χ3v) is 4.50. The largest absolute Gasteiger partial charge is 0.343 e. The van der Waals surface area contributed by atoms with Gasteiger partial charge in [0, 0.05) is 22.0 Å². The summed E-state index contributed by atoms with van der Waals surface area (Å²) in [4.78, 5) is 12.7. The van der Waals surface area contributed by atoms with Crippen molar-refractivity contribution < 1.29 is 0 Å². The number of anilines is 2. The Morgan fingerprint density at radius 3 is 2.52 bits per heavy atom. The van der Waals surface area contributed by atoms with Gasteiger partial charge < -0.3 is 10.3 Å². The number of aromatic nitrogens is 3. The van der Waals surface area contributed by atoms with E-state index in [1.807, 2.05) is 68.4 Å². The average molecular weight is 349 g/mol. The van der Waals surface area contributed by atoms with E-state index in [2.05, 4.69) is 15.3 Å². The van der Waals surface area contributed by atoms with Gasteiger partial charge in [-0.15, -0.1) is 0 Å². The van der Waals surface area contributed by atoms with Gasteiger partial charge in [0.25, 0.3) is 0 Å². The molecule has 0 atom stereocenters. The monoisotopic (exact) mass is 348 g/mol. The van der Waals surface area contributed by atoms with E-state index >= 15 is 0 Å². The highest BCUT2D eigenvalue weighted by molar-refractivity contribution is 6.31. The van der Waals surface area contributed by atoms with E-state index in [0.29, 0.717) is 5.82 Å². The van der Waals surface area contributed by atoms with Crippen LogP contribution in [0.1, 0.15) is 11.3 Å². The number of halogens is 1. The summed E-state index contributed by atoms with van der Waals surface area (Å²) in [5.74, 6) is 1.43. The van der Waals surface area contributed by atoms with Gasteiger partial charge in [0.1, 0.15) is 11.5 Å². The van der Waals surface area contributed by atoms with Gasteiger partial charge in [0.05, 0.1) is 5.39 Å². The number of rotatable bonds is 3. The Morgan fingerprint density at radius 2 is 1.76 bits per heavy atom. The Hall–Kier alpha value is -2.85. The molecular weight excluding hydrogens is 332 g/mol. The molecule has 2 aromatic heterocycles. The molecule has 0 fully saturated rings. The lowest BCUT2D eigenvalue weighted by molar-refractivity contribution is 1.19. The summed E-state index contributed by atoms with van der Waals surface area (Å²) in [6, 6.07) is 17.9. The normalized spacial score (nSPS) is 11.0. The first-order chi connectivity index (χ1) is 12.1. The van der Waals surface area contributed by atoms with Gasteiger partial charge in [0.2, 0.25) is 0 Å². The summed E-state index contributed by atoms with van der Waals surface area (Å²) in [5.41, 5.74) is 4.77. The highest BCUT2D eigenvalue weighted by Gasteiger charge is 2.12. The van der Waals surface area contributed by atoms with Crippen LogP contribution < -0.4 is 5.32 Å². The minimum atomic E-state index is 0.677. The van der Waals surface area contributed by atoms with Crippen molar-refractivity contribution in [2.75, 3.05) is 5.32 Å². The molecule has 0 saturated carbocycles. The molecule has 0 spiro atoms. The van der Waals surface area contributed by atoms with Crippen molar-refractivity contribution in [3.63, 3.8) is 0 Å². The fourth-order valence-electron chi connectivity index (χ4n) is 2.76. The molecule has 0 saturated heterocycles. The highest BCUT2D eigenvalue weighted by atomic mass is 35.5. The topological polar surface area (TPSA) is 53.6 Å². The Kier molecular flexibility index (Phi) is 3.90. The molecule has 124 valence electrons. The van der Waals surface area contributed by atoms with Crippen LogP contribution in [0.3, 0.4) is 0 Å². The van der Waals surface area contributed by atoms with Crippen molar-refractivity contribution in [1.82, 2.24) is 15.0 Å². The van der Waals surface area contributed by atoms with Crippen LogP contribution in [0.15, 0.2) is 54.6 Å². The van der Waals surface area contributed by atoms with Crippen molar-refractivity contribution in [1.29, 1.82) is 0 Å². The lowest BCUT2D eigenvalue weighted by atomic mass is 10.2. The van der Waals surface area contributed by atoms with E-state index in [-0.39, 0.29) is 0 Å². The molecule has 25 heavy (non-hydrogen) atoms. The van der Waals surface area contributed by atoms with Crippen molar-refractivity contribution in [2.45, 2.75) is 13.8 Å². The molecule has 4 aromatic rings. The van der Waals surface area contributed by atoms with E-state index < -0.39 is 0 Å². The fourth-order valence-corrected chi connectivity index (χ4v) is 2.94. The van der Waals surface area contributed by atoms with E-state index in [1.54, 1.807) is 0 Å². The highest BCUT2D eigenvalue weighted by Crippen LogP contribution is 2.29. The first kappa shape index (κ1) is 15.7. The second kappa shape index (κ2) is 6.22. The van der Waals surface area contributed by atoms with Crippen LogP contribution in [0, 0.1) is 13.8 Å². The number of aromatic amines is 1. The fraction of sp³-hybridized carbons (Fsp3) is 0.100. The summed E-state index contributed by atoms with van der Waals surface area (Å²) in [6.07, 6.45) is 0. The van der Waals surface area contributed by atoms with Crippen LogP contribution in [0.25, 0.3) is 22.4 Å². The van der Waals surface area contributed by atoms with Crippen molar-refractivity contribution >= 4 is 34.1 Å². The van der Waals surface area contributed by atoms with E-state index in [9.17, 15) is 0 Å². The molecule has 0 radical (unpaired) electrons. The van der Waals surface area contributed by atoms with Crippen LogP contribution in [0.2, 0.25) is 5.02 Å². The Morgan fingerprint density at radius 1 is 0.960 bits per heavy atom. The lowest BCUT2D eigenvalue weighted by Crippen LogP contribution is -1.99. The zero-order chi connectivity index (χ0) is 17.4. The number of nitrogens with one attached hydrogen (secondary N) is 2. The Bertz CT molecular complexity index is 1050.